The molecule has 0 saturated heterocycles. The van der Waals surface area contributed by atoms with Crippen molar-refractivity contribution in [1.82, 2.24) is 9.38 Å². The van der Waals surface area contributed by atoms with Crippen LogP contribution in [0.25, 0.3) is 22.3 Å². The second kappa shape index (κ2) is 8.13. The zero-order valence-electron chi connectivity index (χ0n) is 15.8. The molecule has 2 heterocycles. The molecule has 0 spiro atoms. The van der Waals surface area contributed by atoms with Crippen LogP contribution in [0.15, 0.2) is 71.7 Å². The fourth-order valence-electron chi connectivity index (χ4n) is 3.06. The topological polar surface area (TPSA) is 70.2 Å². The largest absolute Gasteiger partial charge is 0.321 e. The zero-order chi connectivity index (χ0) is 20.2. The molecule has 4 aromatic rings. The van der Waals surface area contributed by atoms with Crippen LogP contribution in [0.2, 0.25) is 0 Å². The van der Waals surface area contributed by atoms with Gasteiger partial charge in [0.25, 0.3) is 5.91 Å². The molecule has 142 valence electrons. The Bertz CT molecular complexity index is 1230. The Labute approximate surface area is 172 Å². The number of rotatable bonds is 5. The smallest absolute Gasteiger partial charge is 0.266 e. The van der Waals surface area contributed by atoms with Crippen molar-refractivity contribution in [2.75, 3.05) is 5.32 Å². The summed E-state index contributed by atoms with van der Waals surface area (Å²) >= 11 is 1.51. The highest BCUT2D eigenvalue weighted by Crippen LogP contribution is 2.28. The molecule has 2 aromatic carbocycles. The number of amides is 1. The maximum absolute atomic E-state index is 12.7. The molecule has 0 aliphatic rings. The van der Waals surface area contributed by atoms with Crippen LogP contribution in [-0.4, -0.2) is 15.3 Å². The Morgan fingerprint density at radius 3 is 2.66 bits per heavy atom. The molecule has 0 saturated carbocycles. The summed E-state index contributed by atoms with van der Waals surface area (Å²) in [5.74, 6) is -0.444. The molecule has 4 rings (SSSR count). The Morgan fingerprint density at radius 2 is 1.97 bits per heavy atom. The summed E-state index contributed by atoms with van der Waals surface area (Å²) in [5.41, 5.74) is 4.25. The lowest BCUT2D eigenvalue weighted by Crippen LogP contribution is -2.13. The predicted molar refractivity (Wildman–Crippen MR) is 117 cm³/mol. The molecule has 0 unspecified atom stereocenters. The Balaban J connectivity index is 1.71. The van der Waals surface area contributed by atoms with Gasteiger partial charge in [0.15, 0.2) is 4.96 Å². The maximum atomic E-state index is 12.7. The number of nitrogens with zero attached hydrogens (tertiary/aromatic N) is 3. The lowest BCUT2D eigenvalue weighted by atomic mass is 10.1. The van der Waals surface area contributed by atoms with E-state index >= 15 is 0 Å². The van der Waals surface area contributed by atoms with E-state index in [4.69, 9.17) is 0 Å². The molecule has 5 nitrogen and oxygen atoms in total. The summed E-state index contributed by atoms with van der Waals surface area (Å²) in [4.78, 5) is 18.2. The second-order valence-corrected chi connectivity index (χ2v) is 7.31. The van der Waals surface area contributed by atoms with Gasteiger partial charge in [0.1, 0.15) is 11.6 Å². The number of aryl methyl sites for hydroxylation is 1. The molecule has 0 radical (unpaired) electrons. The lowest BCUT2D eigenvalue weighted by molar-refractivity contribution is -0.112. The van der Waals surface area contributed by atoms with Gasteiger partial charge in [-0.05, 0) is 30.2 Å². The minimum Gasteiger partial charge on any atom is -0.321 e. The van der Waals surface area contributed by atoms with Gasteiger partial charge in [-0.25, -0.2) is 4.98 Å². The minimum absolute atomic E-state index is 0.0229. The van der Waals surface area contributed by atoms with Crippen molar-refractivity contribution in [3.63, 3.8) is 0 Å². The van der Waals surface area contributed by atoms with Crippen molar-refractivity contribution >= 4 is 34.0 Å². The van der Waals surface area contributed by atoms with Gasteiger partial charge in [0, 0.05) is 22.8 Å². The molecule has 0 aliphatic heterocycles. The second-order valence-electron chi connectivity index (χ2n) is 6.44. The van der Waals surface area contributed by atoms with Crippen LogP contribution in [0.5, 0.6) is 0 Å². The van der Waals surface area contributed by atoms with Gasteiger partial charge in [-0.1, -0.05) is 49.4 Å². The van der Waals surface area contributed by atoms with E-state index in [-0.39, 0.29) is 5.57 Å². The standard InChI is InChI=1S/C23H18N4OS/c1-2-16-8-10-19(11-9-16)25-22(28)18(15-24)14-20-21(17-6-4-3-5-7-17)26-23-27(20)12-13-29-23/h3-14H,2H2,1H3,(H,25,28)/b18-14+. The van der Waals surface area contributed by atoms with E-state index in [9.17, 15) is 10.1 Å². The maximum Gasteiger partial charge on any atom is 0.266 e. The fourth-order valence-corrected chi connectivity index (χ4v) is 3.78. The van der Waals surface area contributed by atoms with E-state index in [2.05, 4.69) is 17.2 Å². The van der Waals surface area contributed by atoms with Gasteiger partial charge in [-0.3, -0.25) is 9.20 Å². The highest BCUT2D eigenvalue weighted by atomic mass is 32.1. The summed E-state index contributed by atoms with van der Waals surface area (Å²) < 4.78 is 1.90. The van der Waals surface area contributed by atoms with Crippen LogP contribution in [0.1, 0.15) is 18.2 Å². The Hall–Kier alpha value is -3.69. The molecule has 0 aliphatic carbocycles. The van der Waals surface area contributed by atoms with E-state index in [1.54, 1.807) is 6.08 Å². The van der Waals surface area contributed by atoms with Crippen molar-refractivity contribution < 1.29 is 4.79 Å². The van der Waals surface area contributed by atoms with Gasteiger partial charge in [0.05, 0.1) is 11.4 Å². The van der Waals surface area contributed by atoms with Crippen molar-refractivity contribution in [1.29, 1.82) is 5.26 Å². The van der Waals surface area contributed by atoms with E-state index in [0.717, 1.165) is 22.6 Å². The average Bonchev–Trinajstić information content (AvgIpc) is 3.35. The molecule has 0 atom stereocenters. The number of anilines is 1. The number of imidazole rings is 1. The van der Waals surface area contributed by atoms with Crippen molar-refractivity contribution in [3.05, 3.63) is 83.0 Å². The number of hydrogen-bond acceptors (Lipinski definition) is 4. The van der Waals surface area contributed by atoms with Gasteiger partial charge < -0.3 is 5.32 Å². The average molecular weight is 398 g/mol. The quantitative estimate of drug-likeness (QED) is 0.372. The third-order valence-corrected chi connectivity index (χ3v) is 5.37. The van der Waals surface area contributed by atoms with Crippen LogP contribution < -0.4 is 5.32 Å². The fraction of sp³-hybridized carbons (Fsp3) is 0.0870. The van der Waals surface area contributed by atoms with E-state index in [0.29, 0.717) is 11.4 Å². The number of hydrogen-bond donors (Lipinski definition) is 1. The van der Waals surface area contributed by atoms with Crippen LogP contribution in [-0.2, 0) is 11.2 Å². The van der Waals surface area contributed by atoms with E-state index in [1.165, 1.54) is 16.9 Å². The van der Waals surface area contributed by atoms with Crippen molar-refractivity contribution in [2.24, 2.45) is 0 Å². The van der Waals surface area contributed by atoms with E-state index in [1.807, 2.05) is 76.6 Å². The SMILES string of the molecule is CCc1ccc(NC(=O)/C(C#N)=C/c2c(-c3ccccc3)nc3sccn23)cc1. The first kappa shape index (κ1) is 18.7. The Kier molecular flexibility index (Phi) is 5.23. The monoisotopic (exact) mass is 398 g/mol. The Morgan fingerprint density at radius 1 is 1.21 bits per heavy atom. The number of thiazole rings is 1. The first-order valence-corrected chi connectivity index (χ1v) is 10.1. The molecular weight excluding hydrogens is 380 g/mol. The van der Waals surface area contributed by atoms with Gasteiger partial charge >= 0.3 is 0 Å². The van der Waals surface area contributed by atoms with Gasteiger partial charge in [-0.2, -0.15) is 5.26 Å². The van der Waals surface area contributed by atoms with Crippen LogP contribution >= 0.6 is 11.3 Å². The summed E-state index contributed by atoms with van der Waals surface area (Å²) in [5, 5.41) is 14.4. The highest BCUT2D eigenvalue weighted by Gasteiger charge is 2.17. The summed E-state index contributed by atoms with van der Waals surface area (Å²) in [6.07, 6.45) is 4.42. The minimum atomic E-state index is -0.444. The molecular formula is C23H18N4OS. The summed E-state index contributed by atoms with van der Waals surface area (Å²) in [7, 11) is 0. The summed E-state index contributed by atoms with van der Waals surface area (Å²) in [6, 6.07) is 19.4. The predicted octanol–water partition coefficient (Wildman–Crippen LogP) is 5.17. The number of carbonyl (C=O) groups excluding carboxylic acids is 1. The molecule has 1 N–H and O–H groups in total. The van der Waals surface area contributed by atoms with Crippen molar-refractivity contribution in [3.8, 4) is 17.3 Å². The first-order valence-electron chi connectivity index (χ1n) is 9.22. The number of nitriles is 1. The molecule has 2 aromatic heterocycles. The number of benzene rings is 2. The van der Waals surface area contributed by atoms with Crippen LogP contribution in [0.4, 0.5) is 5.69 Å². The highest BCUT2D eigenvalue weighted by molar-refractivity contribution is 7.15. The number of nitrogens with one attached hydrogen (secondary N) is 1. The lowest BCUT2D eigenvalue weighted by Gasteiger charge is -2.06. The third kappa shape index (κ3) is 3.82. The van der Waals surface area contributed by atoms with E-state index < -0.39 is 5.91 Å². The molecule has 0 bridgehead atoms. The zero-order valence-corrected chi connectivity index (χ0v) is 16.6. The third-order valence-electron chi connectivity index (χ3n) is 4.61. The number of fused-ring (bicyclic) bond motifs is 1. The first-order chi connectivity index (χ1) is 14.2. The molecule has 6 heteroatoms. The number of carbonyl (C=O) groups is 1. The normalized spacial score (nSPS) is 11.4. The molecule has 1 amide bonds. The summed E-state index contributed by atoms with van der Waals surface area (Å²) in [6.45, 7) is 2.07. The molecule has 0 fully saturated rings. The van der Waals surface area contributed by atoms with Crippen LogP contribution in [0, 0.1) is 11.3 Å². The van der Waals surface area contributed by atoms with Crippen molar-refractivity contribution in [2.45, 2.75) is 13.3 Å². The number of aromatic nitrogens is 2. The van der Waals surface area contributed by atoms with Crippen LogP contribution in [0.3, 0.4) is 0 Å². The van der Waals surface area contributed by atoms with Gasteiger partial charge in [-0.15, -0.1) is 11.3 Å². The molecule has 29 heavy (non-hydrogen) atoms. The van der Waals surface area contributed by atoms with Gasteiger partial charge in [0.2, 0.25) is 0 Å².